The van der Waals surface area contributed by atoms with Crippen molar-refractivity contribution >= 4 is 11.6 Å². The third-order valence-corrected chi connectivity index (χ3v) is 3.42. The maximum Gasteiger partial charge on any atom is 0.226 e. The molecule has 2 rings (SSSR count). The predicted octanol–water partition coefficient (Wildman–Crippen LogP) is 2.68. The summed E-state index contributed by atoms with van der Waals surface area (Å²) < 4.78 is 0. The van der Waals surface area contributed by atoms with Crippen molar-refractivity contribution in [2.45, 2.75) is 44.1 Å². The van der Waals surface area contributed by atoms with Gasteiger partial charge >= 0.3 is 0 Å². The van der Waals surface area contributed by atoms with Gasteiger partial charge in [-0.1, -0.05) is 37.5 Å². The first-order chi connectivity index (χ1) is 8.18. The molecule has 1 amide bonds. The largest absolute Gasteiger partial charge is 0.326 e. The normalized spacial score (nSPS) is 18.6. The van der Waals surface area contributed by atoms with Gasteiger partial charge in [-0.05, 0) is 25.0 Å². The Labute approximate surface area is 102 Å². The summed E-state index contributed by atoms with van der Waals surface area (Å²) in [5.74, 6) is 0.0283. The molecule has 0 heterocycles. The van der Waals surface area contributed by atoms with Gasteiger partial charge in [-0.15, -0.1) is 0 Å². The standard InChI is InChI=1S/C14H20N2O/c15-14(9-5-2-6-10-14)11-13(17)16-12-7-3-1-4-8-12/h1,3-4,7-8H,2,5-6,9-11,15H2,(H,16,17). The van der Waals surface area contributed by atoms with Crippen LogP contribution in [0.5, 0.6) is 0 Å². The maximum atomic E-state index is 11.9. The van der Waals surface area contributed by atoms with Crippen LogP contribution < -0.4 is 11.1 Å². The molecule has 3 nitrogen and oxygen atoms in total. The summed E-state index contributed by atoms with van der Waals surface area (Å²) in [7, 11) is 0. The van der Waals surface area contributed by atoms with Gasteiger partial charge in [-0.25, -0.2) is 0 Å². The van der Waals surface area contributed by atoms with Crippen molar-refractivity contribution in [3.63, 3.8) is 0 Å². The molecule has 1 aromatic carbocycles. The van der Waals surface area contributed by atoms with Gasteiger partial charge in [0.2, 0.25) is 5.91 Å². The monoisotopic (exact) mass is 232 g/mol. The lowest BCUT2D eigenvalue weighted by Gasteiger charge is -2.32. The highest BCUT2D eigenvalue weighted by atomic mass is 16.1. The van der Waals surface area contributed by atoms with Gasteiger partial charge in [0, 0.05) is 17.6 Å². The van der Waals surface area contributed by atoms with E-state index in [-0.39, 0.29) is 11.4 Å². The number of hydrogen-bond acceptors (Lipinski definition) is 2. The Hall–Kier alpha value is -1.35. The number of hydrogen-bond donors (Lipinski definition) is 2. The van der Waals surface area contributed by atoms with E-state index in [1.807, 2.05) is 30.3 Å². The molecule has 1 aliphatic rings. The molecule has 1 fully saturated rings. The molecule has 1 aromatic rings. The van der Waals surface area contributed by atoms with Crippen molar-refractivity contribution < 1.29 is 4.79 Å². The molecule has 0 spiro atoms. The highest BCUT2D eigenvalue weighted by Crippen LogP contribution is 2.28. The van der Waals surface area contributed by atoms with E-state index in [1.54, 1.807) is 0 Å². The Morgan fingerprint density at radius 2 is 1.82 bits per heavy atom. The van der Waals surface area contributed by atoms with Crippen LogP contribution in [0.3, 0.4) is 0 Å². The first-order valence-corrected chi connectivity index (χ1v) is 6.32. The fourth-order valence-electron chi connectivity index (χ4n) is 2.48. The van der Waals surface area contributed by atoms with Gasteiger partial charge < -0.3 is 11.1 Å². The maximum absolute atomic E-state index is 11.9. The zero-order valence-electron chi connectivity index (χ0n) is 10.1. The quantitative estimate of drug-likeness (QED) is 0.841. The number of nitrogens with one attached hydrogen (secondary N) is 1. The van der Waals surface area contributed by atoms with Crippen LogP contribution in [-0.2, 0) is 4.79 Å². The molecule has 0 saturated heterocycles. The molecule has 0 aliphatic heterocycles. The molecule has 17 heavy (non-hydrogen) atoms. The summed E-state index contributed by atoms with van der Waals surface area (Å²) in [5, 5.41) is 2.90. The van der Waals surface area contributed by atoms with Crippen molar-refractivity contribution in [3.8, 4) is 0 Å². The minimum Gasteiger partial charge on any atom is -0.326 e. The van der Waals surface area contributed by atoms with E-state index < -0.39 is 0 Å². The zero-order chi connectivity index (χ0) is 12.1. The zero-order valence-corrected chi connectivity index (χ0v) is 10.1. The second kappa shape index (κ2) is 5.32. The molecule has 3 N–H and O–H groups in total. The minimum atomic E-state index is -0.281. The molecule has 0 radical (unpaired) electrons. The Balaban J connectivity index is 1.88. The smallest absolute Gasteiger partial charge is 0.226 e. The summed E-state index contributed by atoms with van der Waals surface area (Å²) in [6.45, 7) is 0. The first kappa shape index (κ1) is 12.1. The fourth-order valence-corrected chi connectivity index (χ4v) is 2.48. The molecular formula is C14H20N2O. The molecule has 0 bridgehead atoms. The van der Waals surface area contributed by atoms with Crippen LogP contribution in [0.25, 0.3) is 0 Å². The van der Waals surface area contributed by atoms with Crippen molar-refractivity contribution in [3.05, 3.63) is 30.3 Å². The van der Waals surface area contributed by atoms with E-state index in [2.05, 4.69) is 5.32 Å². The Bertz CT molecular complexity index is 369. The average Bonchev–Trinajstić information content (AvgIpc) is 2.30. The van der Waals surface area contributed by atoms with Crippen LogP contribution >= 0.6 is 0 Å². The van der Waals surface area contributed by atoms with Gasteiger partial charge in [-0.2, -0.15) is 0 Å². The summed E-state index contributed by atoms with van der Waals surface area (Å²) in [6, 6.07) is 9.54. The third kappa shape index (κ3) is 3.56. The summed E-state index contributed by atoms with van der Waals surface area (Å²) >= 11 is 0. The lowest BCUT2D eigenvalue weighted by Crippen LogP contribution is -2.44. The van der Waals surface area contributed by atoms with E-state index in [0.29, 0.717) is 6.42 Å². The number of amides is 1. The predicted molar refractivity (Wildman–Crippen MR) is 69.7 cm³/mol. The molecule has 0 aromatic heterocycles. The number of nitrogens with two attached hydrogens (primary N) is 1. The average molecular weight is 232 g/mol. The molecule has 92 valence electrons. The van der Waals surface area contributed by atoms with E-state index in [9.17, 15) is 4.79 Å². The van der Waals surface area contributed by atoms with Gasteiger partial charge in [0.05, 0.1) is 0 Å². The number of benzene rings is 1. The Morgan fingerprint density at radius 3 is 2.47 bits per heavy atom. The van der Waals surface area contributed by atoms with E-state index in [1.165, 1.54) is 6.42 Å². The van der Waals surface area contributed by atoms with Gasteiger partial charge in [-0.3, -0.25) is 4.79 Å². The van der Waals surface area contributed by atoms with Crippen LogP contribution in [0.15, 0.2) is 30.3 Å². The summed E-state index contributed by atoms with van der Waals surface area (Å²) in [4.78, 5) is 11.9. The van der Waals surface area contributed by atoms with Crippen LogP contribution in [0.2, 0.25) is 0 Å². The minimum absolute atomic E-state index is 0.0283. The fraction of sp³-hybridized carbons (Fsp3) is 0.500. The van der Waals surface area contributed by atoms with Gasteiger partial charge in [0.1, 0.15) is 0 Å². The van der Waals surface area contributed by atoms with E-state index in [4.69, 9.17) is 5.73 Å². The number of rotatable bonds is 3. The lowest BCUT2D eigenvalue weighted by atomic mass is 9.80. The molecule has 1 saturated carbocycles. The van der Waals surface area contributed by atoms with Crippen molar-refractivity contribution in [1.82, 2.24) is 0 Å². The summed E-state index contributed by atoms with van der Waals surface area (Å²) in [6.07, 6.45) is 5.91. The van der Waals surface area contributed by atoms with Crippen LogP contribution in [-0.4, -0.2) is 11.4 Å². The van der Waals surface area contributed by atoms with E-state index in [0.717, 1.165) is 31.4 Å². The molecule has 3 heteroatoms. The number of para-hydroxylation sites is 1. The number of carbonyl (C=O) groups is 1. The SMILES string of the molecule is NC1(CC(=O)Nc2ccccc2)CCCCC1. The number of carbonyl (C=O) groups excluding carboxylic acids is 1. The highest BCUT2D eigenvalue weighted by Gasteiger charge is 2.29. The first-order valence-electron chi connectivity index (χ1n) is 6.32. The van der Waals surface area contributed by atoms with Gasteiger partial charge in [0.25, 0.3) is 0 Å². The second-order valence-electron chi connectivity index (χ2n) is 5.01. The highest BCUT2D eigenvalue weighted by molar-refractivity contribution is 5.91. The van der Waals surface area contributed by atoms with E-state index >= 15 is 0 Å². The Morgan fingerprint density at radius 1 is 1.18 bits per heavy atom. The van der Waals surface area contributed by atoms with Crippen molar-refractivity contribution in [2.24, 2.45) is 5.73 Å². The van der Waals surface area contributed by atoms with Crippen molar-refractivity contribution in [1.29, 1.82) is 0 Å². The summed E-state index contributed by atoms with van der Waals surface area (Å²) in [5.41, 5.74) is 6.82. The van der Waals surface area contributed by atoms with Crippen LogP contribution in [0.1, 0.15) is 38.5 Å². The Kier molecular flexibility index (Phi) is 3.79. The van der Waals surface area contributed by atoms with Crippen LogP contribution in [0.4, 0.5) is 5.69 Å². The molecular weight excluding hydrogens is 212 g/mol. The molecule has 0 unspecified atom stereocenters. The topological polar surface area (TPSA) is 55.1 Å². The second-order valence-corrected chi connectivity index (χ2v) is 5.01. The lowest BCUT2D eigenvalue weighted by molar-refractivity contribution is -0.117. The third-order valence-electron chi connectivity index (χ3n) is 3.42. The van der Waals surface area contributed by atoms with Crippen molar-refractivity contribution in [2.75, 3.05) is 5.32 Å². The number of anilines is 1. The molecule has 1 aliphatic carbocycles. The molecule has 0 atom stereocenters. The van der Waals surface area contributed by atoms with Crippen LogP contribution in [0, 0.1) is 0 Å². The van der Waals surface area contributed by atoms with Gasteiger partial charge in [0.15, 0.2) is 0 Å².